The van der Waals surface area contributed by atoms with Crippen molar-refractivity contribution in [2.45, 2.75) is 39.5 Å². The molecular weight excluding hydrogens is 206 g/mol. The van der Waals surface area contributed by atoms with Gasteiger partial charge in [0, 0.05) is 19.6 Å². The number of hydrogen-bond donors (Lipinski definition) is 1. The van der Waals surface area contributed by atoms with E-state index in [1.54, 1.807) is 0 Å². The molecule has 0 aromatic rings. The van der Waals surface area contributed by atoms with Crippen LogP contribution in [0.5, 0.6) is 0 Å². The number of rotatable bonds is 11. The molecule has 0 aromatic heterocycles. The van der Waals surface area contributed by atoms with E-state index < -0.39 is 0 Å². The Morgan fingerprint density at radius 3 is 2.31 bits per heavy atom. The Kier molecular flexibility index (Phi) is 12.0. The minimum atomic E-state index is 0.118. The Morgan fingerprint density at radius 1 is 1.00 bits per heavy atom. The minimum absolute atomic E-state index is 0.118. The van der Waals surface area contributed by atoms with E-state index in [4.69, 9.17) is 9.47 Å². The maximum absolute atomic E-state index is 11.2. The van der Waals surface area contributed by atoms with Gasteiger partial charge in [0.05, 0.1) is 19.8 Å². The van der Waals surface area contributed by atoms with Crippen molar-refractivity contribution < 1.29 is 14.3 Å². The summed E-state index contributed by atoms with van der Waals surface area (Å²) in [6.45, 7) is 7.34. The number of unbranched alkanes of at least 4 members (excludes halogenated alkanes) is 1. The van der Waals surface area contributed by atoms with Crippen molar-refractivity contribution in [2.24, 2.45) is 0 Å². The van der Waals surface area contributed by atoms with Crippen molar-refractivity contribution in [3.63, 3.8) is 0 Å². The van der Waals surface area contributed by atoms with Crippen LogP contribution in [0.15, 0.2) is 0 Å². The lowest BCUT2D eigenvalue weighted by Gasteiger charge is -2.06. The average molecular weight is 231 g/mol. The highest BCUT2D eigenvalue weighted by atomic mass is 16.5. The van der Waals surface area contributed by atoms with Crippen molar-refractivity contribution in [2.75, 3.05) is 33.0 Å². The maximum atomic E-state index is 11.2. The topological polar surface area (TPSA) is 47.6 Å². The SMILES string of the molecule is CCCCC(=O)NCCOCCOCCC. The summed E-state index contributed by atoms with van der Waals surface area (Å²) in [5.41, 5.74) is 0. The van der Waals surface area contributed by atoms with E-state index in [-0.39, 0.29) is 5.91 Å². The Hall–Kier alpha value is -0.610. The molecule has 1 amide bonds. The van der Waals surface area contributed by atoms with Crippen LogP contribution < -0.4 is 5.32 Å². The predicted molar refractivity (Wildman–Crippen MR) is 64.5 cm³/mol. The van der Waals surface area contributed by atoms with E-state index in [0.29, 0.717) is 32.8 Å². The van der Waals surface area contributed by atoms with Crippen LogP contribution in [-0.4, -0.2) is 38.9 Å². The smallest absolute Gasteiger partial charge is 0.220 e. The number of amides is 1. The fourth-order valence-electron chi connectivity index (χ4n) is 1.15. The second kappa shape index (κ2) is 12.5. The number of hydrogen-bond acceptors (Lipinski definition) is 3. The summed E-state index contributed by atoms with van der Waals surface area (Å²) in [6.07, 6.45) is 3.67. The Labute approximate surface area is 98.7 Å². The molecule has 0 saturated heterocycles. The summed E-state index contributed by atoms with van der Waals surface area (Å²) >= 11 is 0. The molecule has 0 fully saturated rings. The molecule has 0 atom stereocenters. The van der Waals surface area contributed by atoms with Crippen LogP contribution in [0.25, 0.3) is 0 Å². The number of ether oxygens (including phenoxy) is 2. The molecule has 0 rings (SSSR count). The van der Waals surface area contributed by atoms with Gasteiger partial charge in [0.2, 0.25) is 5.91 Å². The van der Waals surface area contributed by atoms with Gasteiger partial charge in [-0.15, -0.1) is 0 Å². The highest BCUT2D eigenvalue weighted by molar-refractivity contribution is 5.75. The van der Waals surface area contributed by atoms with Gasteiger partial charge in [0.25, 0.3) is 0 Å². The van der Waals surface area contributed by atoms with E-state index in [0.717, 1.165) is 25.9 Å². The molecule has 16 heavy (non-hydrogen) atoms. The van der Waals surface area contributed by atoms with Gasteiger partial charge in [-0.1, -0.05) is 20.3 Å². The minimum Gasteiger partial charge on any atom is -0.379 e. The van der Waals surface area contributed by atoms with Crippen LogP contribution in [0.2, 0.25) is 0 Å². The Balaban J connectivity index is 3.05. The molecule has 0 aromatic carbocycles. The molecule has 4 heteroatoms. The Bertz CT molecular complexity index is 162. The van der Waals surface area contributed by atoms with Crippen molar-refractivity contribution in [3.05, 3.63) is 0 Å². The van der Waals surface area contributed by atoms with Gasteiger partial charge < -0.3 is 14.8 Å². The third-order valence-corrected chi connectivity index (χ3v) is 2.05. The van der Waals surface area contributed by atoms with Gasteiger partial charge in [-0.2, -0.15) is 0 Å². The van der Waals surface area contributed by atoms with Crippen LogP contribution in [-0.2, 0) is 14.3 Å². The zero-order chi connectivity index (χ0) is 12.1. The summed E-state index contributed by atoms with van der Waals surface area (Å²) in [4.78, 5) is 11.2. The van der Waals surface area contributed by atoms with Crippen molar-refractivity contribution in [1.82, 2.24) is 5.32 Å². The van der Waals surface area contributed by atoms with E-state index in [1.165, 1.54) is 0 Å². The monoisotopic (exact) mass is 231 g/mol. The number of carbonyl (C=O) groups is 1. The van der Waals surface area contributed by atoms with Gasteiger partial charge in [-0.25, -0.2) is 0 Å². The molecule has 0 aliphatic rings. The first-order chi connectivity index (χ1) is 7.81. The van der Waals surface area contributed by atoms with Crippen molar-refractivity contribution >= 4 is 5.91 Å². The fourth-order valence-corrected chi connectivity index (χ4v) is 1.15. The summed E-state index contributed by atoms with van der Waals surface area (Å²) in [6, 6.07) is 0. The van der Waals surface area contributed by atoms with Crippen LogP contribution in [0, 0.1) is 0 Å². The summed E-state index contributed by atoms with van der Waals surface area (Å²) in [5, 5.41) is 2.81. The summed E-state index contributed by atoms with van der Waals surface area (Å²) < 4.78 is 10.5. The maximum Gasteiger partial charge on any atom is 0.220 e. The molecule has 4 nitrogen and oxygen atoms in total. The largest absolute Gasteiger partial charge is 0.379 e. The van der Waals surface area contributed by atoms with Gasteiger partial charge in [-0.05, 0) is 12.8 Å². The zero-order valence-corrected chi connectivity index (χ0v) is 10.6. The van der Waals surface area contributed by atoms with Crippen LogP contribution >= 0.6 is 0 Å². The molecule has 1 N–H and O–H groups in total. The molecule has 0 saturated carbocycles. The Morgan fingerprint density at radius 2 is 1.69 bits per heavy atom. The first-order valence-electron chi connectivity index (χ1n) is 6.23. The molecule has 0 bridgehead atoms. The van der Waals surface area contributed by atoms with Crippen LogP contribution in [0.4, 0.5) is 0 Å². The third-order valence-electron chi connectivity index (χ3n) is 2.05. The zero-order valence-electron chi connectivity index (χ0n) is 10.6. The lowest BCUT2D eigenvalue weighted by Crippen LogP contribution is -2.27. The third kappa shape index (κ3) is 11.5. The molecule has 0 spiro atoms. The molecule has 0 aliphatic heterocycles. The quantitative estimate of drug-likeness (QED) is 0.551. The van der Waals surface area contributed by atoms with Crippen LogP contribution in [0.3, 0.4) is 0 Å². The molecule has 0 aliphatic carbocycles. The number of carbonyl (C=O) groups excluding carboxylic acids is 1. The molecule has 96 valence electrons. The van der Waals surface area contributed by atoms with E-state index in [1.807, 2.05) is 0 Å². The lowest BCUT2D eigenvalue weighted by molar-refractivity contribution is -0.121. The predicted octanol–water partition coefficient (Wildman–Crippen LogP) is 1.74. The summed E-state index contributed by atoms with van der Waals surface area (Å²) in [5.74, 6) is 0.118. The van der Waals surface area contributed by atoms with E-state index in [9.17, 15) is 4.79 Å². The van der Waals surface area contributed by atoms with Gasteiger partial charge in [0.15, 0.2) is 0 Å². The fraction of sp³-hybridized carbons (Fsp3) is 0.917. The van der Waals surface area contributed by atoms with Gasteiger partial charge in [0.1, 0.15) is 0 Å². The highest BCUT2D eigenvalue weighted by Gasteiger charge is 1.98. The molecule has 0 unspecified atom stereocenters. The molecular formula is C12H25NO3. The normalized spacial score (nSPS) is 10.4. The van der Waals surface area contributed by atoms with Gasteiger partial charge >= 0.3 is 0 Å². The standard InChI is InChI=1S/C12H25NO3/c1-3-5-6-12(14)13-7-9-16-11-10-15-8-4-2/h3-11H2,1-2H3,(H,13,14). The second-order valence-corrected chi connectivity index (χ2v) is 3.68. The molecule has 0 radical (unpaired) electrons. The van der Waals surface area contributed by atoms with Gasteiger partial charge in [-0.3, -0.25) is 4.79 Å². The average Bonchev–Trinajstić information content (AvgIpc) is 2.30. The highest BCUT2D eigenvalue weighted by Crippen LogP contribution is 1.92. The van der Waals surface area contributed by atoms with E-state index >= 15 is 0 Å². The lowest BCUT2D eigenvalue weighted by atomic mass is 10.2. The van der Waals surface area contributed by atoms with E-state index in [2.05, 4.69) is 19.2 Å². The van der Waals surface area contributed by atoms with Crippen LogP contribution in [0.1, 0.15) is 39.5 Å². The summed E-state index contributed by atoms with van der Waals surface area (Å²) in [7, 11) is 0. The second-order valence-electron chi connectivity index (χ2n) is 3.68. The van der Waals surface area contributed by atoms with Crippen molar-refractivity contribution in [1.29, 1.82) is 0 Å². The molecule has 0 heterocycles. The number of nitrogens with one attached hydrogen (secondary N) is 1. The first-order valence-corrected chi connectivity index (χ1v) is 6.23. The van der Waals surface area contributed by atoms with Crippen molar-refractivity contribution in [3.8, 4) is 0 Å². The first kappa shape index (κ1) is 15.4.